The first-order chi connectivity index (χ1) is 12.8. The number of aliphatic imine (C=N–C) groups is 1. The van der Waals surface area contributed by atoms with Gasteiger partial charge in [-0.3, -0.25) is 4.99 Å². The smallest absolute Gasteiger partial charge is 0.191 e. The molecule has 2 saturated carbocycles. The Bertz CT molecular complexity index is 822. The van der Waals surface area contributed by atoms with E-state index in [0.29, 0.717) is 23.6 Å². The zero-order chi connectivity index (χ0) is 19.7. The summed E-state index contributed by atoms with van der Waals surface area (Å²) in [6.45, 7) is 5.26. The predicted molar refractivity (Wildman–Crippen MR) is 123 cm³/mol. The molecule has 0 heterocycles. The van der Waals surface area contributed by atoms with Gasteiger partial charge in [-0.25, -0.2) is 8.42 Å². The molecule has 1 spiro atoms. The maximum atomic E-state index is 11.8. The van der Waals surface area contributed by atoms with Gasteiger partial charge in [0, 0.05) is 37.9 Å². The Morgan fingerprint density at radius 2 is 2.07 bits per heavy atom. The van der Waals surface area contributed by atoms with Gasteiger partial charge in [-0.15, -0.1) is 24.0 Å². The van der Waals surface area contributed by atoms with Gasteiger partial charge in [0.25, 0.3) is 0 Å². The summed E-state index contributed by atoms with van der Waals surface area (Å²) >= 11 is 0. The molecule has 2 aliphatic carbocycles. The number of nitrogens with one attached hydrogen (secondary N) is 2. The summed E-state index contributed by atoms with van der Waals surface area (Å²) in [6.07, 6.45) is 6.36. The van der Waals surface area contributed by atoms with Crippen LogP contribution in [0.1, 0.15) is 43.7 Å². The second-order valence-electron chi connectivity index (χ2n) is 7.76. The lowest BCUT2D eigenvalue weighted by Gasteiger charge is -2.61. The molecule has 2 aliphatic rings. The quantitative estimate of drug-likeness (QED) is 0.342. The van der Waals surface area contributed by atoms with Gasteiger partial charge in [-0.05, 0) is 50.3 Å². The Morgan fingerprint density at radius 1 is 1.36 bits per heavy atom. The van der Waals surface area contributed by atoms with Crippen LogP contribution in [0.15, 0.2) is 28.1 Å². The molecule has 0 saturated heterocycles. The fourth-order valence-electron chi connectivity index (χ4n) is 4.42. The van der Waals surface area contributed by atoms with E-state index in [0.717, 1.165) is 30.1 Å². The molecule has 2 N–H and O–H groups in total. The molecule has 0 aromatic heterocycles. The van der Waals surface area contributed by atoms with E-state index in [9.17, 15) is 8.42 Å². The van der Waals surface area contributed by atoms with Gasteiger partial charge >= 0.3 is 0 Å². The zero-order valence-electron chi connectivity index (χ0n) is 17.1. The average Bonchev–Trinajstić information content (AvgIpc) is 2.54. The molecular weight excluding hydrogens is 489 g/mol. The number of aryl methyl sites for hydroxylation is 1. The molecule has 6 nitrogen and oxygen atoms in total. The van der Waals surface area contributed by atoms with Gasteiger partial charge in [0.2, 0.25) is 0 Å². The Labute approximate surface area is 185 Å². The highest BCUT2D eigenvalue weighted by Crippen LogP contribution is 2.57. The van der Waals surface area contributed by atoms with Gasteiger partial charge in [-0.1, -0.05) is 18.6 Å². The van der Waals surface area contributed by atoms with Gasteiger partial charge in [0.05, 0.1) is 11.0 Å². The van der Waals surface area contributed by atoms with E-state index in [1.807, 2.05) is 19.1 Å². The van der Waals surface area contributed by atoms with Gasteiger partial charge in [0.15, 0.2) is 15.8 Å². The molecule has 3 rings (SSSR count). The van der Waals surface area contributed by atoms with Crippen LogP contribution in [0, 0.1) is 12.3 Å². The van der Waals surface area contributed by atoms with E-state index in [1.165, 1.54) is 25.5 Å². The fraction of sp³-hybridized carbons (Fsp3) is 0.650. The molecule has 1 aromatic rings. The predicted octanol–water partition coefficient (Wildman–Crippen LogP) is 3.03. The summed E-state index contributed by atoms with van der Waals surface area (Å²) < 4.78 is 29.4. The van der Waals surface area contributed by atoms with Crippen molar-refractivity contribution < 1.29 is 13.2 Å². The van der Waals surface area contributed by atoms with Crippen LogP contribution in [0.2, 0.25) is 0 Å². The average molecular weight is 521 g/mol. The molecule has 158 valence electrons. The highest BCUT2D eigenvalue weighted by atomic mass is 127. The molecule has 1 aromatic carbocycles. The number of hydrogen-bond acceptors (Lipinski definition) is 4. The Morgan fingerprint density at radius 3 is 2.57 bits per heavy atom. The maximum Gasteiger partial charge on any atom is 0.191 e. The minimum Gasteiger partial charge on any atom is -0.378 e. The summed E-state index contributed by atoms with van der Waals surface area (Å²) in [5.41, 5.74) is 2.08. The molecule has 2 unspecified atom stereocenters. The zero-order valence-corrected chi connectivity index (χ0v) is 20.3. The third kappa shape index (κ3) is 4.64. The monoisotopic (exact) mass is 521 g/mol. The van der Waals surface area contributed by atoms with Crippen molar-refractivity contribution in [3.05, 3.63) is 29.3 Å². The lowest BCUT2D eigenvalue weighted by atomic mass is 9.51. The minimum absolute atomic E-state index is 0. The number of sulfone groups is 1. The number of benzene rings is 1. The molecule has 2 fully saturated rings. The van der Waals surface area contributed by atoms with Gasteiger partial charge in [-0.2, -0.15) is 0 Å². The van der Waals surface area contributed by atoms with Crippen molar-refractivity contribution in [3.63, 3.8) is 0 Å². The highest BCUT2D eigenvalue weighted by Gasteiger charge is 2.59. The molecule has 0 radical (unpaired) electrons. The van der Waals surface area contributed by atoms with E-state index in [4.69, 9.17) is 4.74 Å². The molecular formula is C20H32IN3O3S. The van der Waals surface area contributed by atoms with Gasteiger partial charge in [0.1, 0.15) is 0 Å². The number of nitrogens with zero attached hydrogens (tertiary/aromatic N) is 1. The molecule has 28 heavy (non-hydrogen) atoms. The molecule has 0 aliphatic heterocycles. The first-order valence-corrected chi connectivity index (χ1v) is 11.6. The third-order valence-corrected chi connectivity index (χ3v) is 7.33. The number of ether oxygens (including phenoxy) is 1. The van der Waals surface area contributed by atoms with Crippen molar-refractivity contribution in [2.24, 2.45) is 10.4 Å². The van der Waals surface area contributed by atoms with Crippen molar-refractivity contribution in [2.45, 2.75) is 63.1 Å². The second kappa shape index (κ2) is 9.30. The number of rotatable bonds is 6. The summed E-state index contributed by atoms with van der Waals surface area (Å²) in [7, 11) is -1.41. The standard InChI is InChI=1S/C20H31N3O3S.HI/c1-5-26-18-12-17(20(18)9-6-10-20)23-19(21-3)22-13-15-7-8-16(14(2)11-15)27(4,24)25;/h7-8,11,17-18H,5-6,9-10,12-13H2,1-4H3,(H2,21,22,23);1H. The topological polar surface area (TPSA) is 79.8 Å². The van der Waals surface area contributed by atoms with Crippen LogP contribution in [0.4, 0.5) is 0 Å². The van der Waals surface area contributed by atoms with Crippen molar-refractivity contribution >= 4 is 39.8 Å². The summed E-state index contributed by atoms with van der Waals surface area (Å²) in [4.78, 5) is 4.74. The Hall–Kier alpha value is -0.870. The Balaban J connectivity index is 0.00000280. The first kappa shape index (κ1) is 23.4. The van der Waals surface area contributed by atoms with Gasteiger partial charge < -0.3 is 15.4 Å². The first-order valence-electron chi connectivity index (χ1n) is 9.68. The molecule has 0 bridgehead atoms. The van der Waals surface area contributed by atoms with E-state index < -0.39 is 9.84 Å². The number of hydrogen-bond donors (Lipinski definition) is 2. The summed E-state index contributed by atoms with van der Waals surface area (Å²) in [6, 6.07) is 5.85. The Kier molecular flexibility index (Phi) is 7.77. The van der Waals surface area contributed by atoms with Crippen LogP contribution >= 0.6 is 24.0 Å². The maximum absolute atomic E-state index is 11.8. The SMILES string of the molecule is CCOC1CC(NC(=NC)NCc2ccc(S(C)(=O)=O)c(C)c2)C12CCC2.I. The van der Waals surface area contributed by atoms with Crippen LogP contribution in [0.3, 0.4) is 0 Å². The summed E-state index contributed by atoms with van der Waals surface area (Å²) in [5.74, 6) is 0.783. The number of halogens is 1. The fourth-order valence-corrected chi connectivity index (χ4v) is 5.38. The van der Waals surface area contributed by atoms with E-state index in [1.54, 1.807) is 13.1 Å². The largest absolute Gasteiger partial charge is 0.378 e. The lowest BCUT2D eigenvalue weighted by Crippen LogP contribution is -2.68. The number of guanidine groups is 1. The minimum atomic E-state index is -3.19. The lowest BCUT2D eigenvalue weighted by molar-refractivity contribution is -0.168. The van der Waals surface area contributed by atoms with Crippen LogP contribution in [0.25, 0.3) is 0 Å². The highest BCUT2D eigenvalue weighted by molar-refractivity contribution is 14.0. The third-order valence-electron chi connectivity index (χ3n) is 6.07. The van der Waals surface area contributed by atoms with Crippen molar-refractivity contribution in [1.29, 1.82) is 0 Å². The van der Waals surface area contributed by atoms with Crippen molar-refractivity contribution in [1.82, 2.24) is 10.6 Å². The molecule has 2 atom stereocenters. The molecule has 0 amide bonds. The van der Waals surface area contributed by atoms with Crippen LogP contribution in [-0.4, -0.2) is 46.4 Å². The van der Waals surface area contributed by atoms with E-state index in [2.05, 4.69) is 22.5 Å². The normalized spacial score (nSPS) is 23.4. The van der Waals surface area contributed by atoms with E-state index >= 15 is 0 Å². The van der Waals surface area contributed by atoms with Crippen molar-refractivity contribution in [3.8, 4) is 0 Å². The second-order valence-corrected chi connectivity index (χ2v) is 9.75. The van der Waals surface area contributed by atoms with E-state index in [-0.39, 0.29) is 29.4 Å². The summed E-state index contributed by atoms with van der Waals surface area (Å²) in [5, 5.41) is 6.92. The van der Waals surface area contributed by atoms with Crippen LogP contribution in [-0.2, 0) is 21.1 Å². The van der Waals surface area contributed by atoms with Crippen molar-refractivity contribution in [2.75, 3.05) is 19.9 Å². The molecule has 8 heteroatoms. The van der Waals surface area contributed by atoms with Crippen LogP contribution in [0.5, 0.6) is 0 Å². The van der Waals surface area contributed by atoms with Crippen LogP contribution < -0.4 is 10.6 Å².